The Kier molecular flexibility index (Phi) is 5.20. The van der Waals surface area contributed by atoms with Crippen LogP contribution in [0, 0.1) is 5.92 Å². The summed E-state index contributed by atoms with van der Waals surface area (Å²) in [4.78, 5) is 12.5. The number of thiophene rings is 1. The zero-order chi connectivity index (χ0) is 12.8. The van der Waals surface area contributed by atoms with Gasteiger partial charge in [0.05, 0.1) is 0 Å². The highest BCUT2D eigenvalue weighted by atomic mass is 32.1. The lowest BCUT2D eigenvalue weighted by atomic mass is 9.85. The first-order valence-corrected chi connectivity index (χ1v) is 7.62. The van der Waals surface area contributed by atoms with Crippen LogP contribution in [0.25, 0.3) is 0 Å². The molecule has 1 aromatic rings. The van der Waals surface area contributed by atoms with Crippen LogP contribution in [-0.2, 0) is 11.3 Å². The molecule has 1 atom stereocenters. The molecule has 1 fully saturated rings. The monoisotopic (exact) mass is 267 g/mol. The molecule has 1 aliphatic carbocycles. The van der Waals surface area contributed by atoms with Gasteiger partial charge in [-0.1, -0.05) is 38.2 Å². The number of carbonyl (C=O) groups is 1. The van der Waals surface area contributed by atoms with Crippen molar-refractivity contribution in [1.29, 1.82) is 0 Å². The molecular formula is C14H21NO2S. The van der Waals surface area contributed by atoms with Crippen molar-refractivity contribution in [2.24, 2.45) is 5.92 Å². The van der Waals surface area contributed by atoms with Crippen LogP contribution in [-0.4, -0.2) is 17.1 Å². The van der Waals surface area contributed by atoms with E-state index in [0.29, 0.717) is 12.5 Å². The van der Waals surface area contributed by atoms with Gasteiger partial charge in [0.2, 0.25) is 0 Å². The molecule has 1 aromatic heterocycles. The minimum atomic E-state index is -0.711. The predicted molar refractivity (Wildman–Crippen MR) is 73.8 cm³/mol. The molecule has 0 aliphatic heterocycles. The molecule has 1 unspecified atom stereocenters. The Balaban J connectivity index is 1.81. The predicted octanol–water partition coefficient (Wildman–Crippen LogP) is 3.26. The maximum Gasteiger partial charge on any atom is 0.320 e. The van der Waals surface area contributed by atoms with Gasteiger partial charge >= 0.3 is 5.97 Å². The van der Waals surface area contributed by atoms with E-state index >= 15 is 0 Å². The summed E-state index contributed by atoms with van der Waals surface area (Å²) >= 11 is 1.67. The van der Waals surface area contributed by atoms with Gasteiger partial charge in [-0.2, -0.15) is 0 Å². The van der Waals surface area contributed by atoms with Crippen molar-refractivity contribution in [2.45, 2.75) is 51.1 Å². The quantitative estimate of drug-likeness (QED) is 0.831. The van der Waals surface area contributed by atoms with E-state index in [2.05, 4.69) is 5.32 Å². The number of hydrogen-bond acceptors (Lipinski definition) is 3. The summed E-state index contributed by atoms with van der Waals surface area (Å²) in [6.07, 6.45) is 7.02. The van der Waals surface area contributed by atoms with Crippen molar-refractivity contribution in [1.82, 2.24) is 5.32 Å². The molecule has 4 heteroatoms. The molecule has 1 heterocycles. The van der Waals surface area contributed by atoms with Gasteiger partial charge in [0.15, 0.2) is 0 Å². The second kappa shape index (κ2) is 6.90. The molecule has 0 saturated heterocycles. The van der Waals surface area contributed by atoms with Crippen LogP contribution in [0.5, 0.6) is 0 Å². The highest BCUT2D eigenvalue weighted by molar-refractivity contribution is 7.09. The topological polar surface area (TPSA) is 49.3 Å². The fraction of sp³-hybridized carbons (Fsp3) is 0.643. The van der Waals surface area contributed by atoms with E-state index in [4.69, 9.17) is 0 Å². The molecule has 3 nitrogen and oxygen atoms in total. The molecule has 0 spiro atoms. The molecule has 1 aliphatic rings. The lowest BCUT2D eigenvalue weighted by molar-refractivity contribution is -0.140. The number of aliphatic carboxylic acids is 1. The third kappa shape index (κ3) is 4.10. The number of carboxylic acids is 1. The summed E-state index contributed by atoms with van der Waals surface area (Å²) in [5.41, 5.74) is 0. The Labute approximate surface area is 112 Å². The van der Waals surface area contributed by atoms with Gasteiger partial charge in [0.1, 0.15) is 6.04 Å². The average Bonchev–Trinajstić information content (AvgIpc) is 2.88. The van der Waals surface area contributed by atoms with Crippen LogP contribution in [0.1, 0.15) is 43.4 Å². The second-order valence-electron chi connectivity index (χ2n) is 5.09. The third-order valence-electron chi connectivity index (χ3n) is 3.69. The van der Waals surface area contributed by atoms with Crippen LogP contribution >= 0.6 is 11.3 Å². The third-order valence-corrected chi connectivity index (χ3v) is 4.57. The Morgan fingerprint density at radius 1 is 1.44 bits per heavy atom. The van der Waals surface area contributed by atoms with Gasteiger partial charge in [0.25, 0.3) is 0 Å². The van der Waals surface area contributed by atoms with Crippen molar-refractivity contribution in [3.05, 3.63) is 22.4 Å². The first-order valence-electron chi connectivity index (χ1n) is 6.74. The fourth-order valence-corrected chi connectivity index (χ4v) is 3.32. The summed E-state index contributed by atoms with van der Waals surface area (Å²) in [7, 11) is 0. The first kappa shape index (κ1) is 13.6. The standard InChI is InChI=1S/C14H21NO2S/c16-14(17)13(9-11-5-2-1-3-6-11)15-10-12-7-4-8-18-12/h4,7-8,11,13,15H,1-3,5-6,9-10H2,(H,16,17). The van der Waals surface area contributed by atoms with Gasteiger partial charge in [-0.3, -0.25) is 10.1 Å². The van der Waals surface area contributed by atoms with E-state index in [1.165, 1.54) is 37.0 Å². The molecule has 0 amide bonds. The first-order chi connectivity index (χ1) is 8.75. The zero-order valence-electron chi connectivity index (χ0n) is 10.6. The van der Waals surface area contributed by atoms with Crippen molar-refractivity contribution < 1.29 is 9.90 Å². The minimum Gasteiger partial charge on any atom is -0.480 e. The molecule has 1 saturated carbocycles. The number of hydrogen-bond donors (Lipinski definition) is 2. The lowest BCUT2D eigenvalue weighted by Gasteiger charge is -2.25. The van der Waals surface area contributed by atoms with E-state index < -0.39 is 12.0 Å². The van der Waals surface area contributed by atoms with E-state index in [1.807, 2.05) is 17.5 Å². The molecule has 18 heavy (non-hydrogen) atoms. The highest BCUT2D eigenvalue weighted by Gasteiger charge is 2.23. The number of carboxylic acid groups (broad SMARTS) is 1. The van der Waals surface area contributed by atoms with Crippen LogP contribution in [0.4, 0.5) is 0 Å². The summed E-state index contributed by atoms with van der Waals surface area (Å²) in [5.74, 6) is -0.118. The van der Waals surface area contributed by atoms with Gasteiger partial charge in [-0.05, 0) is 23.8 Å². The van der Waals surface area contributed by atoms with Gasteiger partial charge in [-0.25, -0.2) is 0 Å². The summed E-state index contributed by atoms with van der Waals surface area (Å²) < 4.78 is 0. The summed E-state index contributed by atoms with van der Waals surface area (Å²) in [6, 6.07) is 3.64. The minimum absolute atomic E-state index is 0.393. The summed E-state index contributed by atoms with van der Waals surface area (Å²) in [5, 5.41) is 14.5. The van der Waals surface area contributed by atoms with E-state index in [1.54, 1.807) is 11.3 Å². The Morgan fingerprint density at radius 2 is 2.22 bits per heavy atom. The maximum atomic E-state index is 11.3. The summed E-state index contributed by atoms with van der Waals surface area (Å²) in [6.45, 7) is 0.668. The van der Waals surface area contributed by atoms with Gasteiger partial charge < -0.3 is 5.11 Å². The van der Waals surface area contributed by atoms with Gasteiger partial charge in [-0.15, -0.1) is 11.3 Å². The zero-order valence-corrected chi connectivity index (χ0v) is 11.4. The maximum absolute atomic E-state index is 11.3. The SMILES string of the molecule is O=C(O)C(CC1CCCCC1)NCc1cccs1. The molecule has 0 radical (unpaired) electrons. The Bertz CT molecular complexity index is 358. The molecule has 2 N–H and O–H groups in total. The second-order valence-corrected chi connectivity index (χ2v) is 6.12. The van der Waals surface area contributed by atoms with Crippen LogP contribution in [0.2, 0.25) is 0 Å². The fourth-order valence-electron chi connectivity index (χ4n) is 2.66. The highest BCUT2D eigenvalue weighted by Crippen LogP contribution is 2.27. The van der Waals surface area contributed by atoms with E-state index in [0.717, 1.165) is 6.42 Å². The van der Waals surface area contributed by atoms with Crippen LogP contribution in [0.3, 0.4) is 0 Å². The van der Waals surface area contributed by atoms with Crippen molar-refractivity contribution >= 4 is 17.3 Å². The van der Waals surface area contributed by atoms with Crippen LogP contribution in [0.15, 0.2) is 17.5 Å². The van der Waals surface area contributed by atoms with Crippen molar-refractivity contribution in [3.8, 4) is 0 Å². The molecule has 0 bridgehead atoms. The Morgan fingerprint density at radius 3 is 2.83 bits per heavy atom. The van der Waals surface area contributed by atoms with Crippen molar-refractivity contribution in [2.75, 3.05) is 0 Å². The Hall–Kier alpha value is -0.870. The van der Waals surface area contributed by atoms with E-state index in [-0.39, 0.29) is 0 Å². The average molecular weight is 267 g/mol. The van der Waals surface area contributed by atoms with E-state index in [9.17, 15) is 9.90 Å². The van der Waals surface area contributed by atoms with Crippen molar-refractivity contribution in [3.63, 3.8) is 0 Å². The number of nitrogens with one attached hydrogen (secondary N) is 1. The smallest absolute Gasteiger partial charge is 0.320 e. The molecule has 100 valence electrons. The normalized spacial score (nSPS) is 18.7. The molecule has 0 aromatic carbocycles. The molecule has 2 rings (SSSR count). The van der Waals surface area contributed by atoms with Gasteiger partial charge in [0, 0.05) is 11.4 Å². The van der Waals surface area contributed by atoms with Crippen LogP contribution < -0.4 is 5.32 Å². The molecular weight excluding hydrogens is 246 g/mol. The lowest BCUT2D eigenvalue weighted by Crippen LogP contribution is -2.38. The number of rotatable bonds is 6. The largest absolute Gasteiger partial charge is 0.480 e.